The van der Waals surface area contributed by atoms with E-state index in [-0.39, 0.29) is 0 Å². The topological polar surface area (TPSA) is 96.5 Å². The lowest BCUT2D eigenvalue weighted by Gasteiger charge is -2.19. The van der Waals surface area contributed by atoms with Crippen LogP contribution >= 0.6 is 0 Å². The van der Waals surface area contributed by atoms with Gasteiger partial charge in [0.25, 0.3) is 0 Å². The molecular weight excluding hydrogens is 416 g/mol. The van der Waals surface area contributed by atoms with Crippen molar-refractivity contribution >= 4 is 6.09 Å². The van der Waals surface area contributed by atoms with Crippen molar-refractivity contribution in [3.05, 3.63) is 17.7 Å². The molecule has 2 N–H and O–H groups in total. The Kier molecular flexibility index (Phi) is 13.5. The first kappa shape index (κ1) is 27.8. The minimum atomic E-state index is -0.504. The third-order valence-electron chi connectivity index (χ3n) is 4.07. The van der Waals surface area contributed by atoms with Gasteiger partial charge in [-0.3, -0.25) is 0 Å². The zero-order valence-electron chi connectivity index (χ0n) is 20.4. The number of alkyl carbamates (subject to hydrolysis) is 1. The first-order valence-electron chi connectivity index (χ1n) is 11.0. The van der Waals surface area contributed by atoms with Gasteiger partial charge in [-0.1, -0.05) is 6.92 Å². The molecule has 1 aromatic rings. The Morgan fingerprint density at radius 3 is 2.03 bits per heavy atom. The molecule has 1 aromatic carbocycles. The highest BCUT2D eigenvalue weighted by atomic mass is 16.6. The molecule has 0 saturated heterocycles. The fourth-order valence-corrected chi connectivity index (χ4v) is 2.66. The van der Waals surface area contributed by atoms with Crippen LogP contribution in [0.1, 0.15) is 39.7 Å². The highest BCUT2D eigenvalue weighted by molar-refractivity contribution is 5.67. The average molecular weight is 457 g/mol. The highest BCUT2D eigenvalue weighted by Gasteiger charge is 2.15. The number of hydrogen-bond donors (Lipinski definition) is 2. The van der Waals surface area contributed by atoms with Crippen LogP contribution in [0.15, 0.2) is 12.1 Å². The zero-order valence-corrected chi connectivity index (χ0v) is 20.4. The Morgan fingerprint density at radius 1 is 0.906 bits per heavy atom. The summed E-state index contributed by atoms with van der Waals surface area (Å²) in [5.74, 6) is 2.17. The molecule has 0 unspecified atom stereocenters. The van der Waals surface area contributed by atoms with E-state index in [9.17, 15) is 4.79 Å². The molecule has 32 heavy (non-hydrogen) atoms. The summed E-state index contributed by atoms with van der Waals surface area (Å²) in [4.78, 5) is 11.5. The van der Waals surface area contributed by atoms with Crippen molar-refractivity contribution in [1.82, 2.24) is 10.6 Å². The quantitative estimate of drug-likeness (QED) is 0.366. The molecule has 0 fully saturated rings. The summed E-state index contributed by atoms with van der Waals surface area (Å²) in [6, 6.07) is 3.75. The van der Waals surface area contributed by atoms with Crippen molar-refractivity contribution in [2.24, 2.45) is 0 Å². The molecule has 0 aliphatic carbocycles. The standard InChI is InChI=1S/C23H40N2O7/c1-7-10-31-18-15-20(27-5)19(21(16-18)28-6)17-24-8-11-29-13-14-30-12-9-25-22(26)32-23(2,3)4/h15-16,24H,7-14,17H2,1-6H3,(H,25,26). The lowest BCUT2D eigenvalue weighted by molar-refractivity contribution is 0.0403. The average Bonchev–Trinajstić information content (AvgIpc) is 2.74. The van der Waals surface area contributed by atoms with E-state index < -0.39 is 11.7 Å². The summed E-state index contributed by atoms with van der Waals surface area (Å²) >= 11 is 0. The normalized spacial score (nSPS) is 11.2. The van der Waals surface area contributed by atoms with Gasteiger partial charge in [0.05, 0.1) is 52.8 Å². The van der Waals surface area contributed by atoms with Gasteiger partial charge in [-0.2, -0.15) is 0 Å². The van der Waals surface area contributed by atoms with E-state index in [1.54, 1.807) is 14.2 Å². The molecule has 184 valence electrons. The van der Waals surface area contributed by atoms with Crippen LogP contribution in [0.25, 0.3) is 0 Å². The molecule has 0 radical (unpaired) electrons. The second kappa shape index (κ2) is 15.6. The van der Waals surface area contributed by atoms with Crippen LogP contribution in [-0.2, 0) is 20.8 Å². The minimum absolute atomic E-state index is 0.391. The smallest absolute Gasteiger partial charge is 0.407 e. The Morgan fingerprint density at radius 2 is 1.50 bits per heavy atom. The monoisotopic (exact) mass is 456 g/mol. The number of rotatable bonds is 16. The van der Waals surface area contributed by atoms with Gasteiger partial charge in [0.1, 0.15) is 22.8 Å². The van der Waals surface area contributed by atoms with E-state index in [0.29, 0.717) is 52.7 Å². The molecule has 0 spiro atoms. The van der Waals surface area contributed by atoms with Crippen LogP contribution in [-0.4, -0.2) is 72.0 Å². The van der Waals surface area contributed by atoms with Gasteiger partial charge in [-0.15, -0.1) is 0 Å². The summed E-state index contributed by atoms with van der Waals surface area (Å²) in [5.41, 5.74) is 0.426. The third-order valence-corrected chi connectivity index (χ3v) is 4.07. The lowest BCUT2D eigenvalue weighted by atomic mass is 10.1. The van der Waals surface area contributed by atoms with E-state index in [1.165, 1.54) is 0 Å². The van der Waals surface area contributed by atoms with Gasteiger partial charge in [0.2, 0.25) is 0 Å². The number of nitrogens with one attached hydrogen (secondary N) is 2. The van der Waals surface area contributed by atoms with Crippen LogP contribution in [0, 0.1) is 0 Å². The van der Waals surface area contributed by atoms with Gasteiger partial charge in [-0.05, 0) is 27.2 Å². The van der Waals surface area contributed by atoms with Crippen molar-refractivity contribution < 1.29 is 33.2 Å². The molecular formula is C23H40N2O7. The maximum Gasteiger partial charge on any atom is 0.407 e. The van der Waals surface area contributed by atoms with Crippen molar-refractivity contribution in [2.75, 3.05) is 60.3 Å². The van der Waals surface area contributed by atoms with Gasteiger partial charge in [0.15, 0.2) is 0 Å². The summed E-state index contributed by atoms with van der Waals surface area (Å²) in [6.45, 7) is 11.7. The predicted molar refractivity (Wildman–Crippen MR) is 123 cm³/mol. The SMILES string of the molecule is CCCOc1cc(OC)c(CNCCOCCOCCNC(=O)OC(C)(C)C)c(OC)c1. The van der Waals surface area contributed by atoms with Crippen LogP contribution in [0.5, 0.6) is 17.2 Å². The van der Waals surface area contributed by atoms with Crippen molar-refractivity contribution in [1.29, 1.82) is 0 Å². The van der Waals surface area contributed by atoms with E-state index in [4.69, 9.17) is 28.4 Å². The Bertz CT molecular complexity index is 637. The lowest BCUT2D eigenvalue weighted by Crippen LogP contribution is -2.34. The van der Waals surface area contributed by atoms with Crippen LogP contribution in [0.4, 0.5) is 4.79 Å². The predicted octanol–water partition coefficient (Wildman–Crippen LogP) is 3.14. The van der Waals surface area contributed by atoms with E-state index in [2.05, 4.69) is 17.6 Å². The number of carbonyl (C=O) groups is 1. The maximum atomic E-state index is 11.5. The molecule has 0 aromatic heterocycles. The molecule has 0 heterocycles. The zero-order chi connectivity index (χ0) is 23.8. The molecule has 1 rings (SSSR count). The number of amides is 1. The third kappa shape index (κ3) is 12.0. The second-order valence-corrected chi connectivity index (χ2v) is 7.98. The molecule has 0 aliphatic heterocycles. The molecule has 9 nitrogen and oxygen atoms in total. The number of benzene rings is 1. The molecule has 9 heteroatoms. The van der Waals surface area contributed by atoms with Gasteiger partial charge in [0, 0.05) is 31.8 Å². The minimum Gasteiger partial charge on any atom is -0.496 e. The van der Waals surface area contributed by atoms with Gasteiger partial charge >= 0.3 is 6.09 Å². The van der Waals surface area contributed by atoms with E-state index in [1.807, 2.05) is 32.9 Å². The maximum absolute atomic E-state index is 11.5. The van der Waals surface area contributed by atoms with Crippen molar-refractivity contribution in [2.45, 2.75) is 46.3 Å². The second-order valence-electron chi connectivity index (χ2n) is 7.98. The number of carbonyl (C=O) groups excluding carboxylic acids is 1. The number of ether oxygens (including phenoxy) is 6. The van der Waals surface area contributed by atoms with E-state index in [0.717, 1.165) is 29.2 Å². The fourth-order valence-electron chi connectivity index (χ4n) is 2.66. The highest BCUT2D eigenvalue weighted by Crippen LogP contribution is 2.34. The molecule has 0 atom stereocenters. The van der Waals surface area contributed by atoms with Crippen molar-refractivity contribution in [3.8, 4) is 17.2 Å². The van der Waals surface area contributed by atoms with E-state index >= 15 is 0 Å². The van der Waals surface area contributed by atoms with Gasteiger partial charge in [-0.25, -0.2) is 4.79 Å². The van der Waals surface area contributed by atoms with Crippen LogP contribution in [0.3, 0.4) is 0 Å². The summed E-state index contributed by atoms with van der Waals surface area (Å²) < 4.78 is 32.8. The Balaban J connectivity index is 2.18. The first-order valence-corrected chi connectivity index (χ1v) is 11.0. The van der Waals surface area contributed by atoms with Crippen LogP contribution in [0.2, 0.25) is 0 Å². The molecule has 0 saturated carbocycles. The Labute approximate surface area is 192 Å². The Hall–Kier alpha value is -2.23. The summed E-state index contributed by atoms with van der Waals surface area (Å²) in [6.07, 6.45) is 0.488. The molecule has 0 bridgehead atoms. The first-order chi connectivity index (χ1) is 15.3. The van der Waals surface area contributed by atoms with Crippen molar-refractivity contribution in [3.63, 3.8) is 0 Å². The molecule has 0 aliphatic rings. The summed E-state index contributed by atoms with van der Waals surface area (Å²) in [5, 5.41) is 5.97. The molecule has 1 amide bonds. The fraction of sp³-hybridized carbons (Fsp3) is 0.696. The number of methoxy groups -OCH3 is 2. The van der Waals surface area contributed by atoms with Crippen LogP contribution < -0.4 is 24.8 Å². The number of hydrogen-bond acceptors (Lipinski definition) is 8. The largest absolute Gasteiger partial charge is 0.496 e. The van der Waals surface area contributed by atoms with Gasteiger partial charge < -0.3 is 39.1 Å². The summed E-state index contributed by atoms with van der Waals surface area (Å²) in [7, 11) is 3.27.